The predicted octanol–water partition coefficient (Wildman–Crippen LogP) is -4.78. The van der Waals surface area contributed by atoms with E-state index >= 15 is 0 Å². The Bertz CT molecular complexity index is 919. The van der Waals surface area contributed by atoms with Crippen LogP contribution in [-0.2, 0) is 43.2 Å². The van der Waals surface area contributed by atoms with Crippen LogP contribution in [0.2, 0.25) is 0 Å². The molecule has 0 bridgehead atoms. The molecule has 0 radical (unpaired) electrons. The van der Waals surface area contributed by atoms with E-state index in [1.54, 1.807) is 0 Å². The standard InChI is InChI=1S/3C6H8O7.C5H12O3/c3*7-3(8)1-6(13,5(11)12)2-4(9)10;6-2-1-5(3-7)4-8/h3*13H,1-2H2,(H,7,8)(H,9,10)(H,11,12);5-8H,1-4H2. The molecule has 47 heavy (non-hydrogen) atoms. The molecule has 0 spiro atoms. The molecule has 0 aromatic rings. The molecule has 24 heteroatoms. The second-order valence-electron chi connectivity index (χ2n) is 9.18. The number of rotatable bonds is 19. The van der Waals surface area contributed by atoms with Gasteiger partial charge in [0.15, 0.2) is 16.8 Å². The number of hydrogen-bond donors (Lipinski definition) is 15. The zero-order chi connectivity index (χ0) is 38.3. The molecule has 0 saturated carbocycles. The van der Waals surface area contributed by atoms with Crippen molar-refractivity contribution in [1.29, 1.82) is 0 Å². The SMILES string of the molecule is O=C(O)CC(O)(CC(=O)O)C(=O)O.O=C(O)CC(O)(CC(=O)O)C(=O)O.O=C(O)CC(O)(CC(=O)O)C(=O)O.OCCC(CO)CO. The highest BCUT2D eigenvalue weighted by Gasteiger charge is 2.42. The monoisotopic (exact) mass is 696 g/mol. The lowest BCUT2D eigenvalue weighted by atomic mass is 9.96. The molecule has 0 rings (SSSR count). The van der Waals surface area contributed by atoms with Gasteiger partial charge in [-0.1, -0.05) is 0 Å². The quantitative estimate of drug-likeness (QED) is 0.0602. The van der Waals surface area contributed by atoms with Gasteiger partial charge in [0.25, 0.3) is 0 Å². The number of aliphatic carboxylic acids is 9. The van der Waals surface area contributed by atoms with Gasteiger partial charge in [-0.2, -0.15) is 0 Å². The summed E-state index contributed by atoms with van der Waals surface area (Å²) in [5.41, 5.74) is -8.22. The Balaban J connectivity index is -0.000000266. The Kier molecular flexibility index (Phi) is 24.3. The summed E-state index contributed by atoms with van der Waals surface area (Å²) in [5.74, 6) is -15.2. The van der Waals surface area contributed by atoms with Crippen LogP contribution in [-0.4, -0.2) is 167 Å². The van der Waals surface area contributed by atoms with Gasteiger partial charge in [0.2, 0.25) is 0 Å². The van der Waals surface area contributed by atoms with Gasteiger partial charge in [-0.3, -0.25) is 28.8 Å². The highest BCUT2D eigenvalue weighted by atomic mass is 16.4. The van der Waals surface area contributed by atoms with Gasteiger partial charge < -0.3 is 76.6 Å². The maximum Gasteiger partial charge on any atom is 0.336 e. The minimum absolute atomic E-state index is 0.0335. The van der Waals surface area contributed by atoms with Gasteiger partial charge in [-0.15, -0.1) is 0 Å². The third kappa shape index (κ3) is 24.9. The van der Waals surface area contributed by atoms with E-state index in [0.29, 0.717) is 6.42 Å². The molecule has 0 aromatic carbocycles. The Morgan fingerprint density at radius 2 is 0.553 bits per heavy atom. The summed E-state index contributed by atoms with van der Waals surface area (Å²) in [5, 5.41) is 126. The fourth-order valence-electron chi connectivity index (χ4n) is 2.57. The van der Waals surface area contributed by atoms with Crippen LogP contribution in [0.4, 0.5) is 0 Å². The van der Waals surface area contributed by atoms with Crippen molar-refractivity contribution in [3.8, 4) is 0 Å². The van der Waals surface area contributed by atoms with Crippen molar-refractivity contribution in [2.24, 2.45) is 5.92 Å². The number of carboxylic acid groups (broad SMARTS) is 9. The average molecular weight is 697 g/mol. The van der Waals surface area contributed by atoms with Crippen LogP contribution in [0.5, 0.6) is 0 Å². The zero-order valence-corrected chi connectivity index (χ0v) is 24.0. The summed E-state index contributed by atoms with van der Waals surface area (Å²) in [6.45, 7) is -0.0556. The smallest absolute Gasteiger partial charge is 0.336 e. The van der Waals surface area contributed by atoms with Crippen LogP contribution in [0.3, 0.4) is 0 Å². The molecular weight excluding hydrogens is 660 g/mol. The van der Waals surface area contributed by atoms with Crippen LogP contribution in [0, 0.1) is 5.92 Å². The molecule has 0 aromatic heterocycles. The summed E-state index contributed by atoms with van der Waals surface area (Å²) in [6.07, 6.45) is -6.39. The number of aliphatic hydroxyl groups excluding tert-OH is 3. The van der Waals surface area contributed by atoms with E-state index in [1.807, 2.05) is 0 Å². The topological polar surface area (TPSA) is 457 Å². The lowest BCUT2D eigenvalue weighted by molar-refractivity contribution is -0.170. The summed E-state index contributed by atoms with van der Waals surface area (Å²) in [6, 6.07) is 0. The van der Waals surface area contributed by atoms with Crippen molar-refractivity contribution >= 4 is 53.7 Å². The van der Waals surface area contributed by atoms with Crippen LogP contribution in [0.1, 0.15) is 44.9 Å². The van der Waals surface area contributed by atoms with Gasteiger partial charge in [0.1, 0.15) is 0 Å². The normalized spacial score (nSPS) is 10.8. The van der Waals surface area contributed by atoms with Crippen LogP contribution < -0.4 is 0 Å². The molecule has 272 valence electrons. The molecule has 0 aliphatic carbocycles. The van der Waals surface area contributed by atoms with Crippen molar-refractivity contribution in [3.05, 3.63) is 0 Å². The Morgan fingerprint density at radius 3 is 0.617 bits per heavy atom. The molecule has 0 unspecified atom stereocenters. The summed E-state index contributed by atoms with van der Waals surface area (Å²) in [4.78, 5) is 91.5. The third-order valence-electron chi connectivity index (χ3n) is 4.91. The molecule has 0 fully saturated rings. The van der Waals surface area contributed by atoms with Crippen molar-refractivity contribution < 1.29 is 120 Å². The van der Waals surface area contributed by atoms with Crippen molar-refractivity contribution in [1.82, 2.24) is 0 Å². The first kappa shape index (κ1) is 48.9. The van der Waals surface area contributed by atoms with E-state index in [0.717, 1.165) is 0 Å². The first-order chi connectivity index (χ1) is 21.2. The Labute approximate surface area is 261 Å². The highest BCUT2D eigenvalue weighted by molar-refractivity contribution is 5.89. The lowest BCUT2D eigenvalue weighted by Crippen LogP contribution is -2.42. The molecule has 0 saturated heterocycles. The Hall–Kier alpha value is -5.01. The second-order valence-corrected chi connectivity index (χ2v) is 9.18. The summed E-state index contributed by atoms with van der Waals surface area (Å²) >= 11 is 0. The molecule has 0 aliphatic heterocycles. The molecule has 15 N–H and O–H groups in total. The first-order valence-corrected chi connectivity index (χ1v) is 12.2. The number of hydrogen-bond acceptors (Lipinski definition) is 15. The van der Waals surface area contributed by atoms with E-state index in [9.17, 15) is 43.2 Å². The van der Waals surface area contributed by atoms with Gasteiger partial charge in [-0.05, 0) is 6.42 Å². The maximum absolute atomic E-state index is 10.3. The highest BCUT2D eigenvalue weighted by Crippen LogP contribution is 2.17. The third-order valence-corrected chi connectivity index (χ3v) is 4.91. The average Bonchev–Trinajstić information content (AvgIpc) is 2.85. The molecule has 0 atom stereocenters. The largest absolute Gasteiger partial charge is 0.481 e. The van der Waals surface area contributed by atoms with Crippen LogP contribution >= 0.6 is 0 Å². The predicted molar refractivity (Wildman–Crippen MR) is 141 cm³/mol. The van der Waals surface area contributed by atoms with Gasteiger partial charge >= 0.3 is 53.7 Å². The zero-order valence-electron chi connectivity index (χ0n) is 24.0. The number of carbonyl (C=O) groups is 9. The molecular formula is C23H36O24. The van der Waals surface area contributed by atoms with Crippen molar-refractivity contribution in [2.45, 2.75) is 61.7 Å². The van der Waals surface area contributed by atoms with Crippen LogP contribution in [0.25, 0.3) is 0 Å². The van der Waals surface area contributed by atoms with E-state index in [-0.39, 0.29) is 25.7 Å². The second kappa shape index (κ2) is 23.3. The summed E-state index contributed by atoms with van der Waals surface area (Å²) in [7, 11) is 0. The maximum atomic E-state index is 10.3. The van der Waals surface area contributed by atoms with E-state index in [4.69, 9.17) is 76.6 Å². The van der Waals surface area contributed by atoms with E-state index < -0.39 is 109 Å². The minimum Gasteiger partial charge on any atom is -0.481 e. The van der Waals surface area contributed by atoms with E-state index in [2.05, 4.69) is 0 Å². The lowest BCUT2D eigenvalue weighted by Gasteiger charge is -2.18. The fraction of sp³-hybridized carbons (Fsp3) is 0.609. The summed E-state index contributed by atoms with van der Waals surface area (Å²) < 4.78 is 0. The van der Waals surface area contributed by atoms with Gasteiger partial charge in [0.05, 0.1) is 38.5 Å². The van der Waals surface area contributed by atoms with E-state index in [1.165, 1.54) is 0 Å². The number of aliphatic hydroxyl groups is 6. The molecule has 0 heterocycles. The van der Waals surface area contributed by atoms with Gasteiger partial charge in [-0.25, -0.2) is 14.4 Å². The Morgan fingerprint density at radius 1 is 0.383 bits per heavy atom. The van der Waals surface area contributed by atoms with Crippen molar-refractivity contribution in [2.75, 3.05) is 19.8 Å². The fourth-order valence-corrected chi connectivity index (χ4v) is 2.57. The van der Waals surface area contributed by atoms with Crippen molar-refractivity contribution in [3.63, 3.8) is 0 Å². The first-order valence-electron chi connectivity index (χ1n) is 12.2. The molecule has 24 nitrogen and oxygen atoms in total. The minimum atomic E-state index is -2.74. The molecule has 0 amide bonds. The van der Waals surface area contributed by atoms with Gasteiger partial charge in [0, 0.05) is 25.7 Å². The molecule has 0 aliphatic rings. The van der Waals surface area contributed by atoms with Crippen LogP contribution in [0.15, 0.2) is 0 Å². The number of carboxylic acids is 9.